The minimum absolute atomic E-state index is 0.234. The van der Waals surface area contributed by atoms with Gasteiger partial charge < -0.3 is 23.4 Å². The van der Waals surface area contributed by atoms with Crippen molar-refractivity contribution >= 4 is 16.7 Å². The molecule has 0 unspecified atom stereocenters. The van der Waals surface area contributed by atoms with E-state index in [2.05, 4.69) is 18.2 Å². The number of esters is 1. The highest BCUT2D eigenvalue weighted by Gasteiger charge is 2.46. The lowest BCUT2D eigenvalue weighted by Gasteiger charge is -2.46. The van der Waals surface area contributed by atoms with Gasteiger partial charge in [0.25, 0.3) is 0 Å². The normalized spacial score (nSPS) is 21.0. The summed E-state index contributed by atoms with van der Waals surface area (Å²) in [5.41, 5.74) is 5.30. The number of benzene rings is 3. The van der Waals surface area contributed by atoms with Crippen molar-refractivity contribution in [1.29, 1.82) is 0 Å². The maximum absolute atomic E-state index is 12.3. The Balaban J connectivity index is 1.28. The zero-order valence-electron chi connectivity index (χ0n) is 19.7. The summed E-state index contributed by atoms with van der Waals surface area (Å²) in [4.78, 5) is 12.3. The maximum Gasteiger partial charge on any atom is 0.338 e. The summed E-state index contributed by atoms with van der Waals surface area (Å²) >= 11 is 0. The molecule has 1 aliphatic carbocycles. The van der Waals surface area contributed by atoms with Gasteiger partial charge >= 0.3 is 5.97 Å². The second kappa shape index (κ2) is 8.56. The van der Waals surface area contributed by atoms with E-state index in [-0.39, 0.29) is 24.3 Å². The van der Waals surface area contributed by atoms with Crippen molar-refractivity contribution in [2.24, 2.45) is 0 Å². The number of cyclic esters (lactones) is 1. The molecule has 0 amide bonds. The fraction of sp³-hybridized carbons (Fsp3) is 0.276. The largest absolute Gasteiger partial charge is 0.489 e. The van der Waals surface area contributed by atoms with E-state index >= 15 is 0 Å². The molecule has 2 heterocycles. The Bertz CT molecular complexity index is 1400. The van der Waals surface area contributed by atoms with Crippen molar-refractivity contribution in [3.63, 3.8) is 0 Å². The highest BCUT2D eigenvalue weighted by Crippen LogP contribution is 2.46. The first kappa shape index (κ1) is 21.9. The van der Waals surface area contributed by atoms with Crippen LogP contribution in [0.2, 0.25) is 0 Å². The van der Waals surface area contributed by atoms with Crippen LogP contribution in [0.4, 0.5) is 0 Å². The summed E-state index contributed by atoms with van der Waals surface area (Å²) in [5, 5.41) is 1.95. The van der Waals surface area contributed by atoms with Gasteiger partial charge in [-0.05, 0) is 52.2 Å². The van der Waals surface area contributed by atoms with Gasteiger partial charge in [0, 0.05) is 43.8 Å². The van der Waals surface area contributed by atoms with E-state index in [0.717, 1.165) is 57.2 Å². The molecule has 0 N–H and O–H groups in total. The summed E-state index contributed by atoms with van der Waals surface area (Å²) in [6, 6.07) is 18.1. The zero-order chi connectivity index (χ0) is 24.0. The minimum Gasteiger partial charge on any atom is -0.489 e. The van der Waals surface area contributed by atoms with Gasteiger partial charge in [0.05, 0.1) is 29.8 Å². The number of rotatable bonds is 7. The molecule has 178 valence electrons. The molecule has 0 spiro atoms. The van der Waals surface area contributed by atoms with Crippen LogP contribution in [0.3, 0.4) is 0 Å². The van der Waals surface area contributed by atoms with E-state index in [1.165, 1.54) is 0 Å². The van der Waals surface area contributed by atoms with Crippen LogP contribution in [0.1, 0.15) is 39.9 Å². The summed E-state index contributed by atoms with van der Waals surface area (Å²) in [6.07, 6.45) is 5.26. The van der Waals surface area contributed by atoms with Gasteiger partial charge in [0.2, 0.25) is 0 Å². The smallest absolute Gasteiger partial charge is 0.338 e. The third kappa shape index (κ3) is 3.70. The molecule has 6 nitrogen and oxygen atoms in total. The van der Waals surface area contributed by atoms with E-state index in [1.807, 2.05) is 36.4 Å². The first-order valence-corrected chi connectivity index (χ1v) is 11.7. The van der Waals surface area contributed by atoms with Crippen molar-refractivity contribution in [1.82, 2.24) is 0 Å². The Hall–Kier alpha value is -3.61. The Kier molecular flexibility index (Phi) is 5.35. The van der Waals surface area contributed by atoms with Crippen LogP contribution < -0.4 is 4.74 Å². The number of methoxy groups -OCH3 is 2. The molecule has 6 rings (SSSR count). The van der Waals surface area contributed by atoms with Crippen molar-refractivity contribution in [2.75, 3.05) is 14.2 Å². The number of fused-ring (bicyclic) bond motifs is 2. The fourth-order valence-electron chi connectivity index (χ4n) is 5.28. The Morgan fingerprint density at radius 3 is 2.71 bits per heavy atom. The number of carbonyl (C=O) groups excluding carboxylic acids is 1. The lowest BCUT2D eigenvalue weighted by molar-refractivity contribution is -0.154. The second-order valence-electron chi connectivity index (χ2n) is 9.20. The third-order valence-electron chi connectivity index (χ3n) is 7.29. The predicted octanol–water partition coefficient (Wildman–Crippen LogP) is 6.00. The van der Waals surface area contributed by atoms with Gasteiger partial charge in [-0.15, -0.1) is 0 Å². The highest BCUT2D eigenvalue weighted by molar-refractivity contribution is 6.07. The van der Waals surface area contributed by atoms with Crippen molar-refractivity contribution < 1.29 is 28.2 Å². The zero-order valence-corrected chi connectivity index (χ0v) is 19.7. The van der Waals surface area contributed by atoms with Gasteiger partial charge in [0.15, 0.2) is 0 Å². The van der Waals surface area contributed by atoms with E-state index in [9.17, 15) is 4.79 Å². The summed E-state index contributed by atoms with van der Waals surface area (Å²) in [6.45, 7) is 0.696. The predicted molar refractivity (Wildman–Crippen MR) is 130 cm³/mol. The van der Waals surface area contributed by atoms with Crippen LogP contribution in [0.15, 0.2) is 71.5 Å². The molecule has 35 heavy (non-hydrogen) atoms. The average molecular weight is 471 g/mol. The van der Waals surface area contributed by atoms with Gasteiger partial charge in [0.1, 0.15) is 19.0 Å². The van der Waals surface area contributed by atoms with Crippen LogP contribution >= 0.6 is 0 Å². The lowest BCUT2D eigenvalue weighted by Crippen LogP contribution is -2.47. The van der Waals surface area contributed by atoms with Crippen molar-refractivity contribution in [3.8, 4) is 16.9 Å². The van der Waals surface area contributed by atoms with E-state index < -0.39 is 0 Å². The van der Waals surface area contributed by atoms with Crippen molar-refractivity contribution in [2.45, 2.75) is 37.8 Å². The molecule has 6 heteroatoms. The second-order valence-corrected chi connectivity index (χ2v) is 9.20. The molecule has 1 saturated carbocycles. The molecular weight excluding hydrogens is 444 g/mol. The van der Waals surface area contributed by atoms with Crippen LogP contribution in [0.5, 0.6) is 5.75 Å². The van der Waals surface area contributed by atoms with E-state index in [4.69, 9.17) is 23.4 Å². The molecule has 1 aromatic heterocycles. The van der Waals surface area contributed by atoms with E-state index in [0.29, 0.717) is 12.2 Å². The van der Waals surface area contributed by atoms with Crippen LogP contribution in [-0.4, -0.2) is 26.3 Å². The average Bonchev–Trinajstić information content (AvgIpc) is 3.52. The Labute approximate surface area is 203 Å². The van der Waals surface area contributed by atoms with Crippen molar-refractivity contribution in [3.05, 3.63) is 89.4 Å². The van der Waals surface area contributed by atoms with Gasteiger partial charge in [-0.2, -0.15) is 0 Å². The summed E-state index contributed by atoms with van der Waals surface area (Å²) < 4.78 is 28.2. The first-order chi connectivity index (χ1) is 17.1. The Morgan fingerprint density at radius 2 is 1.94 bits per heavy atom. The topological polar surface area (TPSA) is 67.1 Å². The van der Waals surface area contributed by atoms with Gasteiger partial charge in [-0.3, -0.25) is 0 Å². The molecule has 0 radical (unpaired) electrons. The Morgan fingerprint density at radius 1 is 1.06 bits per heavy atom. The standard InChI is InChI=1S/C29H26O6/c1-31-23-13-29(14-23,32-2)21-5-3-4-18(10-21)15-34-22-6-7-24-20(11-22)12-25-26(17-35-28(25)30)27(24)19-8-9-33-16-19/h3-12,16,23H,13-15,17H2,1-2H3. The van der Waals surface area contributed by atoms with Crippen LogP contribution in [0, 0.1) is 0 Å². The summed E-state index contributed by atoms with van der Waals surface area (Å²) in [7, 11) is 3.50. The first-order valence-electron chi connectivity index (χ1n) is 11.7. The van der Waals surface area contributed by atoms with Crippen LogP contribution in [0.25, 0.3) is 21.9 Å². The maximum atomic E-state index is 12.3. The minimum atomic E-state index is -0.298. The number of furan rings is 1. The quantitative estimate of drug-likeness (QED) is 0.309. The number of hydrogen-bond acceptors (Lipinski definition) is 6. The number of ether oxygens (including phenoxy) is 4. The van der Waals surface area contributed by atoms with Crippen LogP contribution in [-0.2, 0) is 33.0 Å². The number of carbonyl (C=O) groups is 1. The third-order valence-corrected chi connectivity index (χ3v) is 7.29. The molecule has 0 bridgehead atoms. The molecule has 0 atom stereocenters. The lowest BCUT2D eigenvalue weighted by atomic mass is 9.72. The van der Waals surface area contributed by atoms with Gasteiger partial charge in [-0.1, -0.05) is 24.3 Å². The number of hydrogen-bond donors (Lipinski definition) is 0. The summed E-state index contributed by atoms with van der Waals surface area (Å²) in [5.74, 6) is 0.436. The molecule has 0 saturated heterocycles. The molecule has 3 aromatic carbocycles. The molecule has 1 aliphatic heterocycles. The monoisotopic (exact) mass is 470 g/mol. The highest BCUT2D eigenvalue weighted by atomic mass is 16.5. The fourth-order valence-corrected chi connectivity index (χ4v) is 5.28. The SMILES string of the molecule is COC1CC(OC)(c2cccc(COc3ccc4c(-c5ccoc5)c5c(cc4c3)C(=O)OC5)c2)C1. The molecule has 4 aromatic rings. The molecule has 2 aliphatic rings. The van der Waals surface area contributed by atoms with Gasteiger partial charge in [-0.25, -0.2) is 4.79 Å². The molecule has 1 fully saturated rings. The van der Waals surface area contributed by atoms with E-state index in [1.54, 1.807) is 26.7 Å². The molecular formula is C29H26O6.